The van der Waals surface area contributed by atoms with Crippen LogP contribution in [0.25, 0.3) is 0 Å². The summed E-state index contributed by atoms with van der Waals surface area (Å²) in [4.78, 5) is 13.5. The molecule has 17 heavy (non-hydrogen) atoms. The Kier molecular flexibility index (Phi) is 1.48. The van der Waals surface area contributed by atoms with Gasteiger partial charge < -0.3 is 14.7 Å². The molecule has 0 spiro atoms. The number of hydrogen-bond acceptors (Lipinski definition) is 3. The van der Waals surface area contributed by atoms with E-state index in [4.69, 9.17) is 13.0 Å². The molecular weight excluding hydrogens is 218 g/mol. The monoisotopic (exact) mass is 247 g/mol. The first-order valence-electron chi connectivity index (χ1n) is 8.79. The van der Waals surface area contributed by atoms with Crippen LogP contribution < -0.4 is 0 Å². The van der Waals surface area contributed by atoms with Crippen LogP contribution in [0.3, 0.4) is 0 Å². The first-order valence-corrected chi connectivity index (χ1v) is 5.79. The lowest BCUT2D eigenvalue weighted by molar-refractivity contribution is 0.00960. The molecule has 1 unspecified atom stereocenters. The molecule has 1 N–H and O–H groups in total. The molecule has 0 aromatic heterocycles. The van der Waals surface area contributed by atoms with Crippen molar-refractivity contribution in [2.45, 2.75) is 46.1 Å². The Labute approximate surface area is 111 Å². The fourth-order valence-electron chi connectivity index (χ4n) is 2.60. The summed E-state index contributed by atoms with van der Waals surface area (Å²) in [5.74, 6) is -1.47. The molecule has 1 aliphatic carbocycles. The number of hydrogen-bond donors (Lipinski definition) is 1. The number of likely N-dealkylation sites (tertiary alicyclic amines) is 1. The van der Waals surface area contributed by atoms with Gasteiger partial charge in [0.1, 0.15) is 5.60 Å². The van der Waals surface area contributed by atoms with Crippen LogP contribution in [0, 0.1) is 17.3 Å². The number of carbonyl (C=O) groups is 1. The van der Waals surface area contributed by atoms with Gasteiger partial charge in [0, 0.05) is 14.8 Å². The Morgan fingerprint density at radius 1 is 1.59 bits per heavy atom. The van der Waals surface area contributed by atoms with Gasteiger partial charge in [-0.2, -0.15) is 0 Å². The van der Waals surface area contributed by atoms with Crippen molar-refractivity contribution in [3.63, 3.8) is 0 Å². The third kappa shape index (κ3) is 2.03. The molecule has 0 radical (unpaired) electrons. The second-order valence-corrected chi connectivity index (χ2v) is 5.88. The molecule has 1 saturated carbocycles. The molecule has 4 nitrogen and oxygen atoms in total. The first-order chi connectivity index (χ1) is 10.2. The minimum absolute atomic E-state index is 0.0262. The Balaban J connectivity index is 2.28. The van der Waals surface area contributed by atoms with Gasteiger partial charge in [-0.3, -0.25) is 0 Å². The summed E-state index contributed by atoms with van der Waals surface area (Å²) in [6.45, 7) is -0.779. The quantitative estimate of drug-likeness (QED) is 0.769. The number of ether oxygens (including phenoxy) is 1. The molecule has 0 bridgehead atoms. The summed E-state index contributed by atoms with van der Waals surface area (Å²) in [6.07, 6.45) is -0.659. The molecule has 3 atom stereocenters. The Bertz CT molecular complexity index is 481. The van der Waals surface area contributed by atoms with Gasteiger partial charge in [0.05, 0.1) is 12.6 Å². The molecule has 1 amide bonds. The molecule has 0 aromatic carbocycles. The van der Waals surface area contributed by atoms with Crippen LogP contribution in [-0.2, 0) is 4.74 Å². The van der Waals surface area contributed by atoms with E-state index in [0.717, 1.165) is 0 Å². The van der Waals surface area contributed by atoms with Crippen LogP contribution in [0.4, 0.5) is 4.79 Å². The van der Waals surface area contributed by atoms with Crippen molar-refractivity contribution in [3.05, 3.63) is 0 Å². The Hall–Kier alpha value is -0.770. The number of aliphatic hydroxyl groups is 1. The molecule has 4 heteroatoms. The number of fused-ring (bicyclic) bond motifs is 1. The molecule has 2 fully saturated rings. The highest BCUT2D eigenvalue weighted by molar-refractivity contribution is 5.69. The van der Waals surface area contributed by atoms with E-state index in [2.05, 4.69) is 0 Å². The highest BCUT2D eigenvalue weighted by Crippen LogP contribution is 2.64. The smallest absolute Gasteiger partial charge is 0.410 e. The highest BCUT2D eigenvalue weighted by Gasteiger charge is 2.67. The van der Waals surface area contributed by atoms with Crippen molar-refractivity contribution in [2.24, 2.45) is 17.3 Å². The number of nitrogens with zero attached hydrogens (tertiary/aromatic N) is 1. The van der Waals surface area contributed by atoms with Crippen molar-refractivity contribution in [2.75, 3.05) is 13.2 Å². The molecule has 1 heterocycles. The maximum Gasteiger partial charge on any atom is 0.410 e. The summed E-state index contributed by atoms with van der Waals surface area (Å²) in [5, 5.41) is 9.63. The zero-order valence-corrected chi connectivity index (χ0v) is 10.4. The largest absolute Gasteiger partial charge is 0.444 e. The van der Waals surface area contributed by atoms with Gasteiger partial charge >= 0.3 is 6.09 Å². The van der Waals surface area contributed by atoms with Crippen LogP contribution in [-0.4, -0.2) is 40.9 Å². The van der Waals surface area contributed by atoms with E-state index in [-0.39, 0.29) is 6.54 Å². The standard InChI is InChI=1S/C13H23NO3/c1-12(2,3)17-11(16)14-6-8-10(9(14)7-15)13(8,4)5/h8-10,15H,6-7H2,1-5H3/t8-,9+,10?/m0/s1/i4D3,5D3. The molecule has 2 rings (SSSR count). The number of rotatable bonds is 1. The van der Waals surface area contributed by atoms with Gasteiger partial charge in [0.15, 0.2) is 0 Å². The van der Waals surface area contributed by atoms with Crippen molar-refractivity contribution in [1.82, 2.24) is 4.90 Å². The summed E-state index contributed by atoms with van der Waals surface area (Å²) in [6, 6.07) is -0.851. The Morgan fingerprint density at radius 2 is 2.24 bits per heavy atom. The number of aliphatic hydroxyl groups excluding tert-OH is 1. The van der Waals surface area contributed by atoms with Crippen molar-refractivity contribution in [3.8, 4) is 0 Å². The maximum atomic E-state index is 12.2. The van der Waals surface area contributed by atoms with E-state index >= 15 is 0 Å². The van der Waals surface area contributed by atoms with Gasteiger partial charge in [-0.15, -0.1) is 0 Å². The summed E-state index contributed by atoms with van der Waals surface area (Å²) in [5.41, 5.74) is -2.58. The molecule has 2 aliphatic rings. The zero-order chi connectivity index (χ0) is 18.0. The predicted octanol–water partition coefficient (Wildman–Crippen LogP) is 1.87. The third-order valence-electron chi connectivity index (χ3n) is 3.46. The molecule has 1 aliphatic heterocycles. The normalized spacial score (nSPS) is 41.2. The van der Waals surface area contributed by atoms with E-state index in [9.17, 15) is 9.90 Å². The fraction of sp³-hybridized carbons (Fsp3) is 0.923. The second kappa shape index (κ2) is 3.61. The molecular formula is C13H23NO3. The molecule has 0 aromatic rings. The third-order valence-corrected chi connectivity index (χ3v) is 3.46. The van der Waals surface area contributed by atoms with Crippen LogP contribution in [0.15, 0.2) is 0 Å². The summed E-state index contributed by atoms with van der Waals surface area (Å²) < 4.78 is 51.4. The fourth-order valence-corrected chi connectivity index (χ4v) is 2.60. The van der Waals surface area contributed by atoms with Gasteiger partial charge in [-0.1, -0.05) is 13.7 Å². The average molecular weight is 247 g/mol. The van der Waals surface area contributed by atoms with Crippen LogP contribution >= 0.6 is 0 Å². The van der Waals surface area contributed by atoms with Crippen molar-refractivity contribution in [1.29, 1.82) is 0 Å². The summed E-state index contributed by atoms with van der Waals surface area (Å²) >= 11 is 0. The lowest BCUT2D eigenvalue weighted by Gasteiger charge is -2.31. The number of piperidine rings is 1. The van der Waals surface area contributed by atoms with Gasteiger partial charge in [0.2, 0.25) is 0 Å². The van der Waals surface area contributed by atoms with E-state index in [1.165, 1.54) is 4.90 Å². The van der Waals surface area contributed by atoms with Crippen molar-refractivity contribution >= 4 is 6.09 Å². The second-order valence-electron chi connectivity index (χ2n) is 5.88. The van der Waals surface area contributed by atoms with Crippen LogP contribution in [0.5, 0.6) is 0 Å². The minimum atomic E-state index is -2.68. The lowest BCUT2D eigenvalue weighted by Crippen LogP contribution is -2.45. The Morgan fingerprint density at radius 3 is 2.71 bits per heavy atom. The summed E-state index contributed by atoms with van der Waals surface area (Å²) in [7, 11) is 0. The van der Waals surface area contributed by atoms with Gasteiger partial charge in [0.25, 0.3) is 0 Å². The van der Waals surface area contributed by atoms with E-state index in [1.807, 2.05) is 0 Å². The first kappa shape index (κ1) is 6.98. The van der Waals surface area contributed by atoms with E-state index in [0.29, 0.717) is 0 Å². The van der Waals surface area contributed by atoms with Crippen LogP contribution in [0.1, 0.15) is 42.7 Å². The lowest BCUT2D eigenvalue weighted by atomic mass is 10.0. The number of carbonyl (C=O) groups excluding carboxylic acids is 1. The minimum Gasteiger partial charge on any atom is -0.444 e. The molecule has 1 saturated heterocycles. The highest BCUT2D eigenvalue weighted by atomic mass is 16.6. The van der Waals surface area contributed by atoms with Crippen LogP contribution in [0.2, 0.25) is 0 Å². The average Bonchev–Trinajstić information content (AvgIpc) is 2.83. The molecule has 98 valence electrons. The van der Waals surface area contributed by atoms with Gasteiger partial charge in [-0.05, 0) is 38.0 Å². The topological polar surface area (TPSA) is 49.8 Å². The van der Waals surface area contributed by atoms with E-state index in [1.54, 1.807) is 20.8 Å². The number of amides is 1. The maximum absolute atomic E-state index is 12.2. The van der Waals surface area contributed by atoms with E-state index < -0.39 is 55.3 Å². The van der Waals surface area contributed by atoms with Crippen molar-refractivity contribution < 1.29 is 22.9 Å². The van der Waals surface area contributed by atoms with Gasteiger partial charge in [-0.25, -0.2) is 4.79 Å². The SMILES string of the molecule is [2H]C([2H])([2H])C1(C([2H])([2H])[2H])C2[C@@H](CO)N(C(=O)OC(C)(C)C)C[C@@H]21. The predicted molar refractivity (Wildman–Crippen MR) is 64.6 cm³/mol. The zero-order valence-electron chi connectivity index (χ0n) is 16.4.